The molecule has 17 heavy (non-hydrogen) atoms. The molecule has 0 aromatic carbocycles. The predicted octanol–water partition coefficient (Wildman–Crippen LogP) is 3.02. The second-order valence-electron chi connectivity index (χ2n) is 6.59. The Morgan fingerprint density at radius 2 is 2.00 bits per heavy atom. The molecule has 1 fully saturated rings. The lowest BCUT2D eigenvalue weighted by atomic mass is 10.2. The zero-order chi connectivity index (χ0) is 13.3. The average Bonchev–Trinajstić information content (AvgIpc) is 2.47. The fourth-order valence-corrected chi connectivity index (χ4v) is 2.93. The number of hydrogen-bond donors (Lipinski definition) is 0. The Morgan fingerprint density at radius 1 is 1.41 bits per heavy atom. The van der Waals surface area contributed by atoms with Gasteiger partial charge >= 0.3 is 0 Å². The number of nitrogens with zero attached hydrogens (tertiary/aromatic N) is 1. The Balaban J connectivity index is 2.36. The topological polar surface area (TPSA) is 29.5 Å². The molecule has 1 aliphatic heterocycles. The SMILES string of the molecule is CN1C(=O)CC[C@@H]1CCO[Si](C)(C)C(C)(C)C. The monoisotopic (exact) mass is 257 g/mol. The first kappa shape index (κ1) is 14.7. The Labute approximate surface area is 107 Å². The highest BCUT2D eigenvalue weighted by atomic mass is 28.4. The molecule has 0 aliphatic carbocycles. The minimum Gasteiger partial charge on any atom is -0.417 e. The first-order chi connectivity index (χ1) is 7.65. The Kier molecular flexibility index (Phi) is 4.41. The molecule has 3 nitrogen and oxygen atoms in total. The summed E-state index contributed by atoms with van der Waals surface area (Å²) in [5, 5.41) is 0.268. The summed E-state index contributed by atoms with van der Waals surface area (Å²) < 4.78 is 6.14. The molecular formula is C13H27NO2Si. The molecule has 0 N–H and O–H groups in total. The summed E-state index contributed by atoms with van der Waals surface area (Å²) in [5.41, 5.74) is 0. The van der Waals surface area contributed by atoms with Gasteiger partial charge in [-0.15, -0.1) is 0 Å². The third-order valence-corrected chi connectivity index (χ3v) is 8.89. The van der Waals surface area contributed by atoms with Gasteiger partial charge < -0.3 is 9.33 Å². The van der Waals surface area contributed by atoms with E-state index in [1.165, 1.54) is 0 Å². The van der Waals surface area contributed by atoms with E-state index in [1.54, 1.807) is 0 Å². The van der Waals surface area contributed by atoms with E-state index in [1.807, 2.05) is 11.9 Å². The van der Waals surface area contributed by atoms with Gasteiger partial charge in [0, 0.05) is 26.1 Å². The Bertz CT molecular complexity index is 284. The molecule has 1 heterocycles. The van der Waals surface area contributed by atoms with Gasteiger partial charge in [0.25, 0.3) is 0 Å². The van der Waals surface area contributed by atoms with Crippen LogP contribution in [0.25, 0.3) is 0 Å². The van der Waals surface area contributed by atoms with Crippen molar-refractivity contribution in [3.05, 3.63) is 0 Å². The van der Waals surface area contributed by atoms with Crippen molar-refractivity contribution in [3.8, 4) is 0 Å². The van der Waals surface area contributed by atoms with Crippen LogP contribution < -0.4 is 0 Å². The van der Waals surface area contributed by atoms with Crippen molar-refractivity contribution in [1.29, 1.82) is 0 Å². The van der Waals surface area contributed by atoms with Gasteiger partial charge in [0.2, 0.25) is 5.91 Å². The summed E-state index contributed by atoms with van der Waals surface area (Å²) >= 11 is 0. The minimum absolute atomic E-state index is 0.268. The molecular weight excluding hydrogens is 230 g/mol. The zero-order valence-electron chi connectivity index (χ0n) is 12.2. The Morgan fingerprint density at radius 3 is 2.41 bits per heavy atom. The number of carbonyl (C=O) groups is 1. The van der Waals surface area contributed by atoms with E-state index >= 15 is 0 Å². The second kappa shape index (κ2) is 5.10. The van der Waals surface area contributed by atoms with Crippen LogP contribution in [-0.2, 0) is 9.22 Å². The number of carbonyl (C=O) groups excluding carboxylic acids is 1. The molecule has 0 unspecified atom stereocenters. The van der Waals surface area contributed by atoms with Crippen LogP contribution in [0.3, 0.4) is 0 Å². The van der Waals surface area contributed by atoms with Crippen LogP contribution in [0.4, 0.5) is 0 Å². The molecule has 1 atom stereocenters. The van der Waals surface area contributed by atoms with E-state index in [9.17, 15) is 4.79 Å². The lowest BCUT2D eigenvalue weighted by Gasteiger charge is -2.36. The number of rotatable bonds is 4. The van der Waals surface area contributed by atoms with Gasteiger partial charge in [-0.25, -0.2) is 0 Å². The van der Waals surface area contributed by atoms with Gasteiger partial charge in [0.1, 0.15) is 0 Å². The van der Waals surface area contributed by atoms with Crippen LogP contribution >= 0.6 is 0 Å². The summed E-state index contributed by atoms with van der Waals surface area (Å²) in [7, 11) is 0.290. The lowest BCUT2D eigenvalue weighted by Crippen LogP contribution is -2.41. The van der Waals surface area contributed by atoms with Crippen molar-refractivity contribution in [2.75, 3.05) is 13.7 Å². The minimum atomic E-state index is -1.62. The van der Waals surface area contributed by atoms with Crippen molar-refractivity contribution in [3.63, 3.8) is 0 Å². The van der Waals surface area contributed by atoms with Gasteiger partial charge in [-0.3, -0.25) is 4.79 Å². The maximum atomic E-state index is 11.4. The van der Waals surface area contributed by atoms with Gasteiger partial charge in [-0.1, -0.05) is 20.8 Å². The van der Waals surface area contributed by atoms with Crippen LogP contribution in [0.1, 0.15) is 40.0 Å². The van der Waals surface area contributed by atoms with Crippen molar-refractivity contribution in [2.24, 2.45) is 0 Å². The number of likely N-dealkylation sites (tertiary alicyclic amines) is 1. The van der Waals surface area contributed by atoms with Crippen molar-refractivity contribution >= 4 is 14.2 Å². The van der Waals surface area contributed by atoms with Gasteiger partial charge in [0.05, 0.1) is 0 Å². The van der Waals surface area contributed by atoms with E-state index in [-0.39, 0.29) is 10.9 Å². The normalized spacial score (nSPS) is 22.4. The van der Waals surface area contributed by atoms with Gasteiger partial charge in [-0.2, -0.15) is 0 Å². The quantitative estimate of drug-likeness (QED) is 0.725. The molecule has 0 spiro atoms. The summed E-state index contributed by atoms with van der Waals surface area (Å²) in [5.74, 6) is 0.280. The highest BCUT2D eigenvalue weighted by Gasteiger charge is 2.37. The van der Waals surface area contributed by atoms with Crippen LogP contribution in [-0.4, -0.2) is 38.8 Å². The summed E-state index contributed by atoms with van der Waals surface area (Å²) in [6.07, 6.45) is 2.69. The summed E-state index contributed by atoms with van der Waals surface area (Å²) in [4.78, 5) is 13.3. The van der Waals surface area contributed by atoms with Gasteiger partial charge in [-0.05, 0) is 31.0 Å². The highest BCUT2D eigenvalue weighted by Crippen LogP contribution is 2.36. The molecule has 0 saturated carbocycles. The van der Waals surface area contributed by atoms with Crippen molar-refractivity contribution < 1.29 is 9.22 Å². The number of amides is 1. The molecule has 1 amide bonds. The van der Waals surface area contributed by atoms with E-state index in [4.69, 9.17) is 4.43 Å². The Hall–Kier alpha value is -0.353. The third-order valence-electron chi connectivity index (χ3n) is 4.35. The fraction of sp³-hybridized carbons (Fsp3) is 0.923. The van der Waals surface area contributed by atoms with Crippen molar-refractivity contribution in [1.82, 2.24) is 4.90 Å². The van der Waals surface area contributed by atoms with Crippen LogP contribution in [0.15, 0.2) is 0 Å². The smallest absolute Gasteiger partial charge is 0.222 e. The van der Waals surface area contributed by atoms with E-state index in [2.05, 4.69) is 33.9 Å². The maximum absolute atomic E-state index is 11.4. The van der Waals surface area contributed by atoms with E-state index < -0.39 is 8.32 Å². The lowest BCUT2D eigenvalue weighted by molar-refractivity contribution is -0.127. The first-order valence-electron chi connectivity index (χ1n) is 6.55. The molecule has 0 aromatic rings. The zero-order valence-corrected chi connectivity index (χ0v) is 13.2. The molecule has 1 aliphatic rings. The standard InChI is InChI=1S/C13H27NO2Si/c1-13(2,3)17(5,6)16-10-9-11-7-8-12(15)14(11)4/h11H,7-10H2,1-6H3/t11-/m1/s1. The molecule has 0 bridgehead atoms. The van der Waals surface area contributed by atoms with Crippen LogP contribution in [0.5, 0.6) is 0 Å². The van der Waals surface area contributed by atoms with Crippen molar-refractivity contribution in [2.45, 2.75) is 64.2 Å². The summed E-state index contributed by atoms with van der Waals surface area (Å²) in [6.45, 7) is 12.1. The average molecular weight is 257 g/mol. The fourth-order valence-electron chi connectivity index (χ4n) is 1.87. The van der Waals surface area contributed by atoms with E-state index in [0.717, 1.165) is 19.4 Å². The van der Waals surface area contributed by atoms with Crippen LogP contribution in [0, 0.1) is 0 Å². The maximum Gasteiger partial charge on any atom is 0.222 e. The summed E-state index contributed by atoms with van der Waals surface area (Å²) in [6, 6.07) is 0.396. The van der Waals surface area contributed by atoms with Gasteiger partial charge in [0.15, 0.2) is 8.32 Å². The number of hydrogen-bond acceptors (Lipinski definition) is 2. The predicted molar refractivity (Wildman–Crippen MR) is 73.6 cm³/mol. The molecule has 0 aromatic heterocycles. The largest absolute Gasteiger partial charge is 0.417 e. The molecule has 0 radical (unpaired) electrons. The van der Waals surface area contributed by atoms with E-state index in [0.29, 0.717) is 12.5 Å². The first-order valence-corrected chi connectivity index (χ1v) is 9.45. The molecule has 4 heteroatoms. The molecule has 100 valence electrons. The second-order valence-corrected chi connectivity index (χ2v) is 11.4. The third kappa shape index (κ3) is 3.55. The molecule has 1 rings (SSSR count). The highest BCUT2D eigenvalue weighted by molar-refractivity contribution is 6.74. The molecule has 1 saturated heterocycles. The van der Waals surface area contributed by atoms with Crippen LogP contribution in [0.2, 0.25) is 18.1 Å².